The standard InChI is InChI=1S/C20H21N5O/c1-14-11-12-18(22-21-14)25(13-15-7-4-3-5-8-15)20(26)19-16-9-6-10-17(16)23-24(19)2/h3-5,7-8,11-12H,6,9-10,13H2,1-2H3. The summed E-state index contributed by atoms with van der Waals surface area (Å²) in [6.07, 6.45) is 2.91. The van der Waals surface area contributed by atoms with E-state index in [1.54, 1.807) is 9.58 Å². The molecule has 132 valence electrons. The summed E-state index contributed by atoms with van der Waals surface area (Å²) in [5.41, 5.74) is 4.65. The normalized spacial score (nSPS) is 12.8. The summed E-state index contributed by atoms with van der Waals surface area (Å²) in [5, 5.41) is 12.9. The van der Waals surface area contributed by atoms with Gasteiger partial charge in [0.05, 0.1) is 17.9 Å². The first-order chi connectivity index (χ1) is 12.6. The van der Waals surface area contributed by atoms with Gasteiger partial charge in [-0.1, -0.05) is 30.3 Å². The largest absolute Gasteiger partial charge is 0.285 e. The topological polar surface area (TPSA) is 63.9 Å². The molecule has 0 fully saturated rings. The van der Waals surface area contributed by atoms with Gasteiger partial charge < -0.3 is 0 Å². The molecular formula is C20H21N5O. The number of fused-ring (bicyclic) bond motifs is 1. The van der Waals surface area contributed by atoms with Crippen molar-refractivity contribution in [2.24, 2.45) is 7.05 Å². The third-order valence-electron chi connectivity index (χ3n) is 4.76. The number of nitrogens with zero attached hydrogens (tertiary/aromatic N) is 5. The number of hydrogen-bond acceptors (Lipinski definition) is 4. The molecular weight excluding hydrogens is 326 g/mol. The molecule has 26 heavy (non-hydrogen) atoms. The van der Waals surface area contributed by atoms with Crippen molar-refractivity contribution >= 4 is 11.7 Å². The molecule has 3 aromatic rings. The highest BCUT2D eigenvalue weighted by Crippen LogP contribution is 2.27. The number of aromatic nitrogens is 4. The van der Waals surface area contributed by atoms with Crippen molar-refractivity contribution in [3.05, 3.63) is 70.7 Å². The van der Waals surface area contributed by atoms with E-state index in [4.69, 9.17) is 0 Å². The Morgan fingerprint density at radius 1 is 1.12 bits per heavy atom. The van der Waals surface area contributed by atoms with Crippen LogP contribution >= 0.6 is 0 Å². The highest BCUT2D eigenvalue weighted by atomic mass is 16.2. The summed E-state index contributed by atoms with van der Waals surface area (Å²) < 4.78 is 1.71. The van der Waals surface area contributed by atoms with Gasteiger partial charge in [0.25, 0.3) is 5.91 Å². The lowest BCUT2D eigenvalue weighted by atomic mass is 10.1. The molecule has 0 N–H and O–H groups in total. The Hall–Kier alpha value is -3.02. The molecule has 2 aromatic heterocycles. The van der Waals surface area contributed by atoms with Gasteiger partial charge in [-0.2, -0.15) is 10.2 Å². The van der Waals surface area contributed by atoms with Crippen LogP contribution in [0.15, 0.2) is 42.5 Å². The third kappa shape index (κ3) is 2.98. The van der Waals surface area contributed by atoms with E-state index < -0.39 is 0 Å². The molecule has 0 saturated carbocycles. The monoisotopic (exact) mass is 347 g/mol. The summed E-state index contributed by atoms with van der Waals surface area (Å²) in [7, 11) is 1.84. The molecule has 1 amide bonds. The lowest BCUT2D eigenvalue weighted by Crippen LogP contribution is -2.33. The number of amides is 1. The molecule has 0 bridgehead atoms. The molecule has 4 rings (SSSR count). The maximum absolute atomic E-state index is 13.5. The molecule has 2 heterocycles. The first-order valence-corrected chi connectivity index (χ1v) is 8.84. The quantitative estimate of drug-likeness (QED) is 0.728. The highest BCUT2D eigenvalue weighted by molar-refractivity contribution is 6.05. The fraction of sp³-hybridized carbons (Fsp3) is 0.300. The molecule has 0 aliphatic heterocycles. The van der Waals surface area contributed by atoms with Crippen molar-refractivity contribution < 1.29 is 4.79 Å². The number of benzene rings is 1. The van der Waals surface area contributed by atoms with Gasteiger partial charge in [-0.05, 0) is 43.9 Å². The predicted molar refractivity (Wildman–Crippen MR) is 99.0 cm³/mol. The van der Waals surface area contributed by atoms with Crippen LogP contribution in [-0.4, -0.2) is 25.9 Å². The summed E-state index contributed by atoms with van der Waals surface area (Å²) >= 11 is 0. The molecule has 1 aliphatic carbocycles. The van der Waals surface area contributed by atoms with E-state index in [0.717, 1.165) is 41.8 Å². The zero-order valence-electron chi connectivity index (χ0n) is 15.0. The molecule has 6 nitrogen and oxygen atoms in total. The maximum Gasteiger partial charge on any atom is 0.278 e. The number of carbonyl (C=O) groups is 1. The Bertz CT molecular complexity index is 931. The van der Waals surface area contributed by atoms with Crippen molar-refractivity contribution in [1.29, 1.82) is 0 Å². The van der Waals surface area contributed by atoms with Crippen LogP contribution in [0.3, 0.4) is 0 Å². The van der Waals surface area contributed by atoms with Crippen molar-refractivity contribution in [3.8, 4) is 0 Å². The number of aryl methyl sites for hydroxylation is 3. The highest BCUT2D eigenvalue weighted by Gasteiger charge is 2.29. The first-order valence-electron chi connectivity index (χ1n) is 8.84. The van der Waals surface area contributed by atoms with Crippen molar-refractivity contribution in [3.63, 3.8) is 0 Å². The molecule has 1 aliphatic rings. The molecule has 0 unspecified atom stereocenters. The number of hydrogen-bond donors (Lipinski definition) is 0. The minimum Gasteiger partial charge on any atom is -0.285 e. The van der Waals surface area contributed by atoms with Gasteiger partial charge in [-0.15, -0.1) is 5.10 Å². The Balaban J connectivity index is 1.75. The van der Waals surface area contributed by atoms with Gasteiger partial charge in [0, 0.05) is 12.6 Å². The average molecular weight is 347 g/mol. The van der Waals surface area contributed by atoms with Crippen molar-refractivity contribution in [2.45, 2.75) is 32.7 Å². The van der Waals surface area contributed by atoms with Crippen LogP contribution in [-0.2, 0) is 26.4 Å². The van der Waals surface area contributed by atoms with E-state index in [1.807, 2.05) is 56.4 Å². The molecule has 0 saturated heterocycles. The van der Waals surface area contributed by atoms with E-state index in [9.17, 15) is 4.79 Å². The Kier molecular flexibility index (Phi) is 4.24. The molecule has 0 radical (unpaired) electrons. The van der Waals surface area contributed by atoms with Crippen LogP contribution < -0.4 is 4.90 Å². The van der Waals surface area contributed by atoms with E-state index in [-0.39, 0.29) is 5.91 Å². The SMILES string of the molecule is Cc1ccc(N(Cc2ccccc2)C(=O)c2c3c(nn2C)CCC3)nn1. The van der Waals surface area contributed by atoms with Gasteiger partial charge in [0.1, 0.15) is 5.69 Å². The van der Waals surface area contributed by atoms with E-state index in [0.29, 0.717) is 18.1 Å². The van der Waals surface area contributed by atoms with Gasteiger partial charge in [0.2, 0.25) is 0 Å². The fourth-order valence-electron chi connectivity index (χ4n) is 3.47. The van der Waals surface area contributed by atoms with Gasteiger partial charge in [0.15, 0.2) is 5.82 Å². The van der Waals surface area contributed by atoms with E-state index in [2.05, 4.69) is 15.3 Å². The summed E-state index contributed by atoms with van der Waals surface area (Å²) in [4.78, 5) is 15.2. The van der Waals surface area contributed by atoms with Crippen LogP contribution in [0.1, 0.15) is 39.4 Å². The van der Waals surface area contributed by atoms with Crippen LogP contribution in [0.4, 0.5) is 5.82 Å². The number of rotatable bonds is 4. The summed E-state index contributed by atoms with van der Waals surface area (Å²) in [6, 6.07) is 13.7. The number of anilines is 1. The Morgan fingerprint density at radius 3 is 2.65 bits per heavy atom. The second kappa shape index (κ2) is 6.71. The maximum atomic E-state index is 13.5. The van der Waals surface area contributed by atoms with Gasteiger partial charge in [-0.3, -0.25) is 14.4 Å². The van der Waals surface area contributed by atoms with E-state index in [1.165, 1.54) is 0 Å². The van der Waals surface area contributed by atoms with Gasteiger partial charge in [-0.25, -0.2) is 0 Å². The Labute approximate surface area is 152 Å². The first kappa shape index (κ1) is 16.4. The van der Waals surface area contributed by atoms with Crippen molar-refractivity contribution in [1.82, 2.24) is 20.0 Å². The average Bonchev–Trinajstić information content (AvgIpc) is 3.21. The zero-order valence-corrected chi connectivity index (χ0v) is 15.0. The Morgan fingerprint density at radius 2 is 1.92 bits per heavy atom. The summed E-state index contributed by atoms with van der Waals surface area (Å²) in [6.45, 7) is 2.32. The van der Waals surface area contributed by atoms with Crippen LogP contribution in [0.2, 0.25) is 0 Å². The lowest BCUT2D eigenvalue weighted by molar-refractivity contribution is 0.0974. The van der Waals surface area contributed by atoms with Crippen LogP contribution in [0.5, 0.6) is 0 Å². The zero-order chi connectivity index (χ0) is 18.1. The summed E-state index contributed by atoms with van der Waals surface area (Å²) in [5.74, 6) is 0.475. The smallest absolute Gasteiger partial charge is 0.278 e. The van der Waals surface area contributed by atoms with Crippen molar-refractivity contribution in [2.75, 3.05) is 4.90 Å². The van der Waals surface area contributed by atoms with Crippen LogP contribution in [0.25, 0.3) is 0 Å². The third-order valence-corrected chi connectivity index (χ3v) is 4.76. The van der Waals surface area contributed by atoms with Crippen LogP contribution in [0, 0.1) is 6.92 Å². The number of carbonyl (C=O) groups excluding carboxylic acids is 1. The lowest BCUT2D eigenvalue weighted by Gasteiger charge is -2.22. The second-order valence-electron chi connectivity index (χ2n) is 6.66. The van der Waals surface area contributed by atoms with E-state index >= 15 is 0 Å². The second-order valence-corrected chi connectivity index (χ2v) is 6.66. The van der Waals surface area contributed by atoms with Gasteiger partial charge >= 0.3 is 0 Å². The minimum absolute atomic E-state index is 0.0786. The fourth-order valence-corrected chi connectivity index (χ4v) is 3.47. The molecule has 0 spiro atoms. The molecule has 6 heteroatoms. The molecule has 1 aromatic carbocycles. The molecule has 0 atom stereocenters. The predicted octanol–water partition coefficient (Wildman–Crippen LogP) is 2.85. The minimum atomic E-state index is -0.0786.